The molecule has 16 heavy (non-hydrogen) atoms. The Labute approximate surface area is 89.7 Å². The summed E-state index contributed by atoms with van der Waals surface area (Å²) in [5, 5.41) is 8.48. The van der Waals surface area contributed by atoms with Gasteiger partial charge in [-0.2, -0.15) is 0 Å². The van der Waals surface area contributed by atoms with Crippen molar-refractivity contribution in [3.8, 4) is 0 Å². The van der Waals surface area contributed by atoms with E-state index in [9.17, 15) is 14.4 Å². The number of hydrogen-bond donors (Lipinski definition) is 1. The number of nitrogens with zero attached hydrogens (tertiary/aromatic N) is 3. The summed E-state index contributed by atoms with van der Waals surface area (Å²) in [6, 6.07) is 0. The van der Waals surface area contributed by atoms with E-state index in [1.54, 1.807) is 0 Å². The Kier molecular flexibility index (Phi) is 2.35. The van der Waals surface area contributed by atoms with Gasteiger partial charge in [0, 0.05) is 18.9 Å². The van der Waals surface area contributed by atoms with Gasteiger partial charge in [0.05, 0.1) is 6.42 Å². The SMILES string of the molecule is O=C(O)CCN1C(=O)c2nccnc2C1=O. The molecule has 1 aromatic heterocycles. The molecule has 7 nitrogen and oxygen atoms in total. The molecule has 0 spiro atoms. The van der Waals surface area contributed by atoms with E-state index in [1.165, 1.54) is 12.4 Å². The zero-order chi connectivity index (χ0) is 11.7. The van der Waals surface area contributed by atoms with Crippen LogP contribution in [0.4, 0.5) is 0 Å². The number of carboxylic acids is 1. The van der Waals surface area contributed by atoms with Crippen molar-refractivity contribution in [2.45, 2.75) is 6.42 Å². The Morgan fingerprint density at radius 1 is 1.19 bits per heavy atom. The highest BCUT2D eigenvalue weighted by Crippen LogP contribution is 2.18. The number of aromatic nitrogens is 2. The van der Waals surface area contributed by atoms with E-state index in [1.807, 2.05) is 0 Å². The minimum absolute atomic E-state index is 0.0158. The van der Waals surface area contributed by atoms with Crippen LogP contribution in [0.3, 0.4) is 0 Å². The predicted octanol–water partition coefficient (Wildman–Crippen LogP) is -0.453. The van der Waals surface area contributed by atoms with E-state index in [4.69, 9.17) is 5.11 Å². The van der Waals surface area contributed by atoms with Gasteiger partial charge in [-0.15, -0.1) is 0 Å². The zero-order valence-electron chi connectivity index (χ0n) is 8.08. The molecule has 1 aromatic rings. The minimum atomic E-state index is -1.07. The van der Waals surface area contributed by atoms with Gasteiger partial charge in [0.15, 0.2) is 11.4 Å². The van der Waals surface area contributed by atoms with E-state index in [-0.39, 0.29) is 24.4 Å². The summed E-state index contributed by atoms with van der Waals surface area (Å²) in [5.41, 5.74) is -0.0317. The summed E-state index contributed by atoms with van der Waals surface area (Å²) in [6.07, 6.45) is 2.33. The van der Waals surface area contributed by atoms with Crippen molar-refractivity contribution >= 4 is 17.8 Å². The molecule has 0 saturated carbocycles. The number of hydrogen-bond acceptors (Lipinski definition) is 5. The van der Waals surface area contributed by atoms with Crippen LogP contribution in [0.5, 0.6) is 0 Å². The average molecular weight is 221 g/mol. The molecule has 2 rings (SSSR count). The van der Waals surface area contributed by atoms with Crippen molar-refractivity contribution in [3.05, 3.63) is 23.8 Å². The average Bonchev–Trinajstić information content (AvgIpc) is 2.50. The lowest BCUT2D eigenvalue weighted by Gasteiger charge is -2.10. The fourth-order valence-electron chi connectivity index (χ4n) is 1.41. The monoisotopic (exact) mass is 221 g/mol. The number of imide groups is 1. The van der Waals surface area contributed by atoms with Gasteiger partial charge in [-0.25, -0.2) is 9.97 Å². The molecule has 82 valence electrons. The topological polar surface area (TPSA) is 100 Å². The number of aliphatic carboxylic acids is 1. The highest BCUT2D eigenvalue weighted by molar-refractivity contribution is 6.19. The maximum absolute atomic E-state index is 11.6. The maximum Gasteiger partial charge on any atom is 0.305 e. The zero-order valence-corrected chi connectivity index (χ0v) is 8.08. The van der Waals surface area contributed by atoms with Crippen LogP contribution in [0.2, 0.25) is 0 Å². The standard InChI is InChI=1S/C9H7N3O4/c13-5(14)1-4-12-8(15)6-7(9(12)16)11-3-2-10-6/h2-3H,1,4H2,(H,13,14). The van der Waals surface area contributed by atoms with Crippen molar-refractivity contribution in [3.63, 3.8) is 0 Å². The van der Waals surface area contributed by atoms with Crippen LogP contribution in [-0.4, -0.2) is 44.3 Å². The molecule has 0 aromatic carbocycles. The number of carbonyl (C=O) groups is 3. The molecule has 0 radical (unpaired) electrons. The molecule has 0 fully saturated rings. The lowest BCUT2D eigenvalue weighted by Crippen LogP contribution is -2.32. The van der Waals surface area contributed by atoms with Crippen molar-refractivity contribution in [2.24, 2.45) is 0 Å². The molecule has 0 unspecified atom stereocenters. The molecular weight excluding hydrogens is 214 g/mol. The lowest BCUT2D eigenvalue weighted by atomic mass is 10.3. The van der Waals surface area contributed by atoms with Crippen LogP contribution >= 0.6 is 0 Å². The van der Waals surface area contributed by atoms with Gasteiger partial charge in [-0.3, -0.25) is 19.3 Å². The summed E-state index contributed by atoms with van der Waals surface area (Å²) in [5.74, 6) is -2.25. The smallest absolute Gasteiger partial charge is 0.305 e. The summed E-state index contributed by atoms with van der Waals surface area (Å²) in [4.78, 5) is 42.0. The minimum Gasteiger partial charge on any atom is -0.481 e. The van der Waals surface area contributed by atoms with Crippen molar-refractivity contribution in [1.29, 1.82) is 0 Å². The summed E-state index contributed by atoms with van der Waals surface area (Å²) in [7, 11) is 0. The number of carboxylic acid groups (broad SMARTS) is 1. The summed E-state index contributed by atoms with van der Waals surface area (Å²) >= 11 is 0. The molecule has 0 atom stereocenters. The van der Waals surface area contributed by atoms with Crippen LogP contribution < -0.4 is 0 Å². The quantitative estimate of drug-likeness (QED) is 0.693. The Morgan fingerprint density at radius 3 is 2.12 bits per heavy atom. The molecule has 0 aliphatic carbocycles. The van der Waals surface area contributed by atoms with E-state index in [0.717, 1.165) is 4.90 Å². The Morgan fingerprint density at radius 2 is 1.69 bits per heavy atom. The molecule has 7 heteroatoms. The number of amides is 2. The largest absolute Gasteiger partial charge is 0.481 e. The molecule has 1 aliphatic rings. The number of carbonyl (C=O) groups excluding carboxylic acids is 2. The molecule has 2 amide bonds. The predicted molar refractivity (Wildman–Crippen MR) is 49.7 cm³/mol. The van der Waals surface area contributed by atoms with Crippen molar-refractivity contribution < 1.29 is 19.5 Å². The van der Waals surface area contributed by atoms with Crippen LogP contribution in [0.1, 0.15) is 27.4 Å². The van der Waals surface area contributed by atoms with E-state index in [2.05, 4.69) is 9.97 Å². The maximum atomic E-state index is 11.6. The first-order chi connectivity index (χ1) is 7.61. The normalized spacial score (nSPS) is 14.1. The van der Waals surface area contributed by atoms with Crippen LogP contribution in [-0.2, 0) is 4.79 Å². The first-order valence-electron chi connectivity index (χ1n) is 4.50. The Balaban J connectivity index is 2.25. The second-order valence-corrected chi connectivity index (χ2v) is 3.16. The fourth-order valence-corrected chi connectivity index (χ4v) is 1.41. The highest BCUT2D eigenvalue weighted by Gasteiger charge is 2.37. The van der Waals surface area contributed by atoms with Crippen molar-refractivity contribution in [2.75, 3.05) is 6.54 Å². The molecule has 0 saturated heterocycles. The molecule has 1 N–H and O–H groups in total. The summed E-state index contributed by atoms with van der Waals surface area (Å²) in [6.45, 7) is -0.162. The third kappa shape index (κ3) is 1.52. The van der Waals surface area contributed by atoms with Crippen LogP contribution in [0.25, 0.3) is 0 Å². The Hall–Kier alpha value is -2.31. The van der Waals surface area contributed by atoms with Gasteiger partial charge >= 0.3 is 5.97 Å². The Bertz CT molecular complexity index is 450. The van der Waals surface area contributed by atoms with Crippen molar-refractivity contribution in [1.82, 2.24) is 14.9 Å². The van der Waals surface area contributed by atoms with Gasteiger partial charge < -0.3 is 5.11 Å². The van der Waals surface area contributed by atoms with E-state index in [0.29, 0.717) is 0 Å². The first-order valence-corrected chi connectivity index (χ1v) is 4.50. The van der Waals surface area contributed by atoms with Gasteiger partial charge in [0.1, 0.15) is 0 Å². The van der Waals surface area contributed by atoms with E-state index >= 15 is 0 Å². The molecule has 0 bridgehead atoms. The van der Waals surface area contributed by atoms with Crippen LogP contribution in [0, 0.1) is 0 Å². The summed E-state index contributed by atoms with van der Waals surface area (Å²) < 4.78 is 0. The second-order valence-electron chi connectivity index (χ2n) is 3.16. The lowest BCUT2D eigenvalue weighted by molar-refractivity contribution is -0.137. The van der Waals surface area contributed by atoms with E-state index < -0.39 is 17.8 Å². The third-order valence-corrected chi connectivity index (χ3v) is 2.14. The highest BCUT2D eigenvalue weighted by atomic mass is 16.4. The molecular formula is C9H7N3O4. The van der Waals surface area contributed by atoms with Gasteiger partial charge in [-0.05, 0) is 0 Å². The number of rotatable bonds is 3. The van der Waals surface area contributed by atoms with Gasteiger partial charge in [0.2, 0.25) is 0 Å². The number of fused-ring (bicyclic) bond motifs is 1. The molecule has 1 aliphatic heterocycles. The van der Waals surface area contributed by atoms with Crippen LogP contribution in [0.15, 0.2) is 12.4 Å². The molecule has 2 heterocycles. The first kappa shape index (κ1) is 10.2. The fraction of sp³-hybridized carbons (Fsp3) is 0.222. The second kappa shape index (κ2) is 3.69. The van der Waals surface area contributed by atoms with Gasteiger partial charge in [-0.1, -0.05) is 0 Å². The third-order valence-electron chi connectivity index (χ3n) is 2.14. The van der Waals surface area contributed by atoms with Gasteiger partial charge in [0.25, 0.3) is 11.8 Å².